The van der Waals surface area contributed by atoms with Crippen LogP contribution >= 0.6 is 11.3 Å². The van der Waals surface area contributed by atoms with Gasteiger partial charge in [0, 0.05) is 5.56 Å². The van der Waals surface area contributed by atoms with Crippen molar-refractivity contribution in [1.29, 1.82) is 0 Å². The van der Waals surface area contributed by atoms with Gasteiger partial charge in [0.25, 0.3) is 0 Å². The van der Waals surface area contributed by atoms with Crippen LogP contribution in [0.15, 0.2) is 45.6 Å². The van der Waals surface area contributed by atoms with Crippen LogP contribution in [-0.4, -0.2) is 10.1 Å². The van der Waals surface area contributed by atoms with E-state index in [0.717, 1.165) is 11.1 Å². The molecule has 0 radical (unpaired) electrons. The lowest BCUT2D eigenvalue weighted by molar-refractivity contribution is 0.386. The van der Waals surface area contributed by atoms with Gasteiger partial charge >= 0.3 is 0 Å². The molecule has 0 aliphatic heterocycles. The molecule has 3 aromatic rings. The molecule has 0 bridgehead atoms. The molecule has 0 atom stereocenters. The molecule has 0 fully saturated rings. The van der Waals surface area contributed by atoms with Gasteiger partial charge in [-0.05, 0) is 34.9 Å². The molecule has 0 aliphatic rings. The Morgan fingerprint density at radius 1 is 1.22 bits per heavy atom. The summed E-state index contributed by atoms with van der Waals surface area (Å²) in [6.07, 6.45) is 0.697. The summed E-state index contributed by atoms with van der Waals surface area (Å²) in [5.74, 6) is 1.32. The summed E-state index contributed by atoms with van der Waals surface area (Å²) in [5, 5.41) is 8.19. The Hall–Kier alpha value is -1.94. The maximum absolute atomic E-state index is 5.29. The van der Waals surface area contributed by atoms with Crippen LogP contribution in [0.1, 0.15) is 17.0 Å². The van der Waals surface area contributed by atoms with E-state index in [0.29, 0.717) is 18.1 Å². The summed E-state index contributed by atoms with van der Waals surface area (Å²) in [4.78, 5) is 4.44. The lowest BCUT2D eigenvalue weighted by atomic mass is 10.1. The molecule has 0 aliphatic carbocycles. The average molecular weight is 256 g/mol. The van der Waals surface area contributed by atoms with Gasteiger partial charge in [0.05, 0.1) is 6.42 Å². The monoisotopic (exact) mass is 256 g/mol. The topological polar surface area (TPSA) is 38.9 Å². The molecule has 1 aromatic carbocycles. The van der Waals surface area contributed by atoms with Crippen molar-refractivity contribution < 1.29 is 4.52 Å². The van der Waals surface area contributed by atoms with Gasteiger partial charge in [-0.25, -0.2) is 0 Å². The fourth-order valence-corrected chi connectivity index (χ4v) is 2.50. The van der Waals surface area contributed by atoms with Crippen molar-refractivity contribution in [3.8, 4) is 11.4 Å². The minimum Gasteiger partial charge on any atom is -0.339 e. The molecule has 0 saturated carbocycles. The molecule has 0 amide bonds. The van der Waals surface area contributed by atoms with Crippen LogP contribution in [0.3, 0.4) is 0 Å². The molecule has 0 spiro atoms. The van der Waals surface area contributed by atoms with E-state index in [1.165, 1.54) is 5.56 Å². The van der Waals surface area contributed by atoms with Gasteiger partial charge in [0.1, 0.15) is 0 Å². The number of hydrogen-bond donors (Lipinski definition) is 0. The number of aromatic nitrogens is 2. The van der Waals surface area contributed by atoms with Gasteiger partial charge < -0.3 is 4.52 Å². The molecule has 18 heavy (non-hydrogen) atoms. The minimum atomic E-state index is 0.659. The lowest BCUT2D eigenvalue weighted by Crippen LogP contribution is -1.87. The van der Waals surface area contributed by atoms with Crippen LogP contribution in [0.25, 0.3) is 11.4 Å². The molecular weight excluding hydrogens is 244 g/mol. The van der Waals surface area contributed by atoms with E-state index in [1.54, 1.807) is 11.3 Å². The van der Waals surface area contributed by atoms with Gasteiger partial charge in [-0.15, -0.1) is 0 Å². The number of rotatable bonds is 3. The first-order valence-corrected chi connectivity index (χ1v) is 6.67. The zero-order valence-electron chi connectivity index (χ0n) is 9.96. The van der Waals surface area contributed by atoms with E-state index in [-0.39, 0.29) is 0 Å². The van der Waals surface area contributed by atoms with Crippen molar-refractivity contribution in [2.75, 3.05) is 0 Å². The summed E-state index contributed by atoms with van der Waals surface area (Å²) in [7, 11) is 0. The molecule has 3 nitrogen and oxygen atoms in total. The van der Waals surface area contributed by atoms with E-state index in [2.05, 4.69) is 21.6 Å². The second-order valence-electron chi connectivity index (χ2n) is 4.14. The van der Waals surface area contributed by atoms with Crippen LogP contribution in [0, 0.1) is 6.92 Å². The summed E-state index contributed by atoms with van der Waals surface area (Å²) >= 11 is 1.67. The van der Waals surface area contributed by atoms with Gasteiger partial charge in [0.2, 0.25) is 11.7 Å². The lowest BCUT2D eigenvalue weighted by Gasteiger charge is -1.97. The van der Waals surface area contributed by atoms with Crippen molar-refractivity contribution in [2.24, 2.45) is 0 Å². The summed E-state index contributed by atoms with van der Waals surface area (Å²) in [6, 6.07) is 10.1. The minimum absolute atomic E-state index is 0.659. The van der Waals surface area contributed by atoms with Crippen molar-refractivity contribution in [2.45, 2.75) is 13.3 Å². The molecule has 0 unspecified atom stereocenters. The highest BCUT2D eigenvalue weighted by molar-refractivity contribution is 7.07. The van der Waals surface area contributed by atoms with Crippen LogP contribution in [-0.2, 0) is 6.42 Å². The quantitative estimate of drug-likeness (QED) is 0.717. The Balaban J connectivity index is 1.88. The zero-order chi connectivity index (χ0) is 12.4. The van der Waals surface area contributed by atoms with Crippen LogP contribution in [0.4, 0.5) is 0 Å². The Labute approximate surface area is 109 Å². The predicted octanol–water partition coefficient (Wildman–Crippen LogP) is 3.70. The number of nitrogens with zero attached hydrogens (tertiary/aromatic N) is 2. The molecule has 90 valence electrons. The fraction of sp³-hybridized carbons (Fsp3) is 0.143. The molecule has 2 aromatic heterocycles. The molecule has 0 N–H and O–H groups in total. The van der Waals surface area contributed by atoms with Crippen molar-refractivity contribution in [3.05, 3.63) is 58.1 Å². The Morgan fingerprint density at radius 3 is 2.89 bits per heavy atom. The second-order valence-corrected chi connectivity index (χ2v) is 4.92. The average Bonchev–Trinajstić information content (AvgIpc) is 3.02. The van der Waals surface area contributed by atoms with E-state index in [1.807, 2.05) is 36.6 Å². The van der Waals surface area contributed by atoms with Crippen molar-refractivity contribution >= 4 is 11.3 Å². The Kier molecular flexibility index (Phi) is 2.94. The number of hydrogen-bond acceptors (Lipinski definition) is 4. The second kappa shape index (κ2) is 4.74. The molecular formula is C14H12N2OS. The maximum atomic E-state index is 5.29. The fourth-order valence-electron chi connectivity index (χ4n) is 1.83. The van der Waals surface area contributed by atoms with Crippen LogP contribution < -0.4 is 0 Å². The van der Waals surface area contributed by atoms with Gasteiger partial charge in [0.15, 0.2) is 0 Å². The number of thiophene rings is 1. The highest BCUT2D eigenvalue weighted by Gasteiger charge is 2.10. The third-order valence-corrected chi connectivity index (χ3v) is 3.52. The number of aryl methyl sites for hydroxylation is 1. The van der Waals surface area contributed by atoms with E-state index < -0.39 is 0 Å². The normalized spacial score (nSPS) is 10.7. The SMILES string of the molecule is Cc1ccccc1-c1noc(Cc2ccsc2)n1. The molecule has 4 heteroatoms. The highest BCUT2D eigenvalue weighted by atomic mass is 32.1. The predicted molar refractivity (Wildman–Crippen MR) is 71.6 cm³/mol. The molecule has 3 rings (SSSR count). The third kappa shape index (κ3) is 2.19. The summed E-state index contributed by atoms with van der Waals surface area (Å²) in [5.41, 5.74) is 3.39. The summed E-state index contributed by atoms with van der Waals surface area (Å²) < 4.78 is 5.29. The first-order valence-electron chi connectivity index (χ1n) is 5.72. The van der Waals surface area contributed by atoms with Crippen LogP contribution in [0.2, 0.25) is 0 Å². The maximum Gasteiger partial charge on any atom is 0.231 e. The standard InChI is InChI=1S/C14H12N2OS/c1-10-4-2-3-5-12(10)14-15-13(17-16-14)8-11-6-7-18-9-11/h2-7,9H,8H2,1H3. The van der Waals surface area contributed by atoms with Crippen LogP contribution in [0.5, 0.6) is 0 Å². The first kappa shape index (κ1) is 11.2. The van der Waals surface area contributed by atoms with Gasteiger partial charge in [-0.1, -0.05) is 29.4 Å². The van der Waals surface area contributed by atoms with E-state index >= 15 is 0 Å². The zero-order valence-corrected chi connectivity index (χ0v) is 10.8. The highest BCUT2D eigenvalue weighted by Crippen LogP contribution is 2.20. The van der Waals surface area contributed by atoms with E-state index in [9.17, 15) is 0 Å². The largest absolute Gasteiger partial charge is 0.339 e. The van der Waals surface area contributed by atoms with E-state index in [4.69, 9.17) is 4.52 Å². The van der Waals surface area contributed by atoms with Gasteiger partial charge in [-0.2, -0.15) is 16.3 Å². The summed E-state index contributed by atoms with van der Waals surface area (Å²) in [6.45, 7) is 2.05. The van der Waals surface area contributed by atoms with Gasteiger partial charge in [-0.3, -0.25) is 0 Å². The first-order chi connectivity index (χ1) is 8.83. The third-order valence-electron chi connectivity index (χ3n) is 2.79. The smallest absolute Gasteiger partial charge is 0.231 e. The Morgan fingerprint density at radius 2 is 2.11 bits per heavy atom. The van der Waals surface area contributed by atoms with Crippen molar-refractivity contribution in [3.63, 3.8) is 0 Å². The molecule has 0 saturated heterocycles. The number of benzene rings is 1. The molecule has 2 heterocycles. The van der Waals surface area contributed by atoms with Crippen molar-refractivity contribution in [1.82, 2.24) is 10.1 Å². The Bertz CT molecular complexity index is 643.